The summed E-state index contributed by atoms with van der Waals surface area (Å²) in [6.07, 6.45) is 0.730. The summed E-state index contributed by atoms with van der Waals surface area (Å²) in [5.41, 5.74) is -0.608. The summed E-state index contributed by atoms with van der Waals surface area (Å²) in [5.74, 6) is 0. The maximum Gasteiger partial charge on any atom is 0.0603 e. The molecule has 0 aliphatic rings. The third-order valence-electron chi connectivity index (χ3n) is 2.09. The van der Waals surface area contributed by atoms with Crippen molar-refractivity contribution in [1.29, 1.82) is 0 Å². The van der Waals surface area contributed by atoms with Crippen molar-refractivity contribution >= 4 is 0 Å². The Labute approximate surface area is 75.0 Å². The Bertz CT molecular complexity index is 120. The van der Waals surface area contributed by atoms with E-state index >= 15 is 0 Å². The summed E-state index contributed by atoms with van der Waals surface area (Å²) in [5, 5.41) is 18.3. The van der Waals surface area contributed by atoms with Gasteiger partial charge in [0.1, 0.15) is 0 Å². The van der Waals surface area contributed by atoms with Crippen LogP contribution in [0.2, 0.25) is 0 Å². The van der Waals surface area contributed by atoms with E-state index in [1.165, 1.54) is 0 Å². The molecule has 0 fully saturated rings. The van der Waals surface area contributed by atoms with Crippen molar-refractivity contribution in [3.8, 4) is 0 Å². The van der Waals surface area contributed by atoms with Crippen molar-refractivity contribution in [2.45, 2.75) is 38.8 Å². The van der Waals surface area contributed by atoms with Crippen molar-refractivity contribution in [3.63, 3.8) is 0 Å². The van der Waals surface area contributed by atoms with Gasteiger partial charge in [-0.3, -0.25) is 0 Å². The highest BCUT2D eigenvalue weighted by molar-refractivity contribution is 4.69. The molecule has 0 heterocycles. The van der Waals surface area contributed by atoms with Crippen molar-refractivity contribution in [2.24, 2.45) is 0 Å². The van der Waals surface area contributed by atoms with Crippen molar-refractivity contribution in [3.05, 3.63) is 0 Å². The largest absolute Gasteiger partial charge is 0.395 e. The topological polar surface area (TPSA) is 43.7 Å². The molecule has 2 N–H and O–H groups in total. The van der Waals surface area contributed by atoms with Crippen LogP contribution in [0.25, 0.3) is 0 Å². The lowest BCUT2D eigenvalue weighted by atomic mass is 10.1. The fraction of sp³-hybridized carbons (Fsp3) is 1.00. The Kier molecular flexibility index (Phi) is 4.75. The molecule has 0 amide bonds. The highest BCUT2D eigenvalue weighted by Gasteiger charge is 2.15. The van der Waals surface area contributed by atoms with Gasteiger partial charge in [0.15, 0.2) is 0 Å². The van der Waals surface area contributed by atoms with Crippen LogP contribution in [-0.2, 0) is 0 Å². The van der Waals surface area contributed by atoms with Gasteiger partial charge in [-0.1, -0.05) is 0 Å². The molecule has 1 unspecified atom stereocenters. The molecule has 0 bridgehead atoms. The maximum absolute atomic E-state index is 9.43. The molecule has 0 saturated carbocycles. The fourth-order valence-corrected chi connectivity index (χ4v) is 0.810. The van der Waals surface area contributed by atoms with Gasteiger partial charge < -0.3 is 15.1 Å². The zero-order chi connectivity index (χ0) is 9.78. The third-order valence-corrected chi connectivity index (χ3v) is 2.09. The Morgan fingerprint density at radius 3 is 2.25 bits per heavy atom. The van der Waals surface area contributed by atoms with Gasteiger partial charge in [-0.15, -0.1) is 0 Å². The first kappa shape index (κ1) is 11.9. The molecule has 0 aliphatic carbocycles. The van der Waals surface area contributed by atoms with E-state index in [-0.39, 0.29) is 12.6 Å². The number of aliphatic hydroxyl groups excluding tert-OH is 1. The lowest BCUT2D eigenvalue weighted by Crippen LogP contribution is -2.36. The zero-order valence-electron chi connectivity index (χ0n) is 8.54. The first-order valence-electron chi connectivity index (χ1n) is 4.40. The number of rotatable bonds is 5. The van der Waals surface area contributed by atoms with E-state index in [9.17, 15) is 5.11 Å². The second-order valence-corrected chi connectivity index (χ2v) is 4.07. The predicted molar refractivity (Wildman–Crippen MR) is 50.1 cm³/mol. The zero-order valence-corrected chi connectivity index (χ0v) is 8.54. The lowest BCUT2D eigenvalue weighted by molar-refractivity contribution is 0.0516. The second kappa shape index (κ2) is 4.80. The van der Waals surface area contributed by atoms with Gasteiger partial charge in [0.2, 0.25) is 0 Å². The van der Waals surface area contributed by atoms with E-state index in [1.54, 1.807) is 13.8 Å². The van der Waals surface area contributed by atoms with Crippen LogP contribution in [0.15, 0.2) is 0 Å². The van der Waals surface area contributed by atoms with Crippen LogP contribution in [0, 0.1) is 0 Å². The molecule has 0 rings (SSSR count). The van der Waals surface area contributed by atoms with Gasteiger partial charge in [-0.25, -0.2) is 0 Å². The molecule has 0 spiro atoms. The van der Waals surface area contributed by atoms with Crippen LogP contribution < -0.4 is 0 Å². The Hall–Kier alpha value is -0.120. The lowest BCUT2D eigenvalue weighted by Gasteiger charge is -2.26. The van der Waals surface area contributed by atoms with Crippen LogP contribution in [0.5, 0.6) is 0 Å². The van der Waals surface area contributed by atoms with Crippen molar-refractivity contribution < 1.29 is 10.2 Å². The molecule has 74 valence electrons. The van der Waals surface area contributed by atoms with Gasteiger partial charge in [-0.05, 0) is 34.2 Å². The van der Waals surface area contributed by atoms with E-state index in [1.807, 2.05) is 18.9 Å². The number of hydrogen-bond acceptors (Lipinski definition) is 3. The summed E-state index contributed by atoms with van der Waals surface area (Å²) in [6.45, 7) is 6.53. The number of aliphatic hydroxyl groups is 2. The molecular weight excluding hydrogens is 154 g/mol. The smallest absolute Gasteiger partial charge is 0.0603 e. The first-order chi connectivity index (χ1) is 5.37. The predicted octanol–water partition coefficient (Wildman–Crippen LogP) is 0.460. The average Bonchev–Trinajstić information content (AvgIpc) is 1.97. The molecule has 0 radical (unpaired) electrons. The van der Waals surface area contributed by atoms with E-state index in [0.717, 1.165) is 13.0 Å². The van der Waals surface area contributed by atoms with E-state index in [4.69, 9.17) is 5.11 Å². The van der Waals surface area contributed by atoms with Crippen molar-refractivity contribution in [1.82, 2.24) is 4.90 Å². The van der Waals surface area contributed by atoms with Crippen LogP contribution in [0.3, 0.4) is 0 Å². The molecule has 0 aliphatic heterocycles. The van der Waals surface area contributed by atoms with Crippen LogP contribution in [-0.4, -0.2) is 47.0 Å². The standard InChI is InChI=1S/C9H21NO2/c1-8(7-11)10(4)6-5-9(2,3)12/h8,11-12H,5-7H2,1-4H3. The molecule has 3 heteroatoms. The molecule has 3 nitrogen and oxygen atoms in total. The molecular formula is C9H21NO2. The minimum Gasteiger partial charge on any atom is -0.395 e. The molecule has 0 aromatic carbocycles. The maximum atomic E-state index is 9.43. The Morgan fingerprint density at radius 2 is 1.92 bits per heavy atom. The van der Waals surface area contributed by atoms with Gasteiger partial charge >= 0.3 is 0 Å². The minimum atomic E-state index is -0.608. The molecule has 1 atom stereocenters. The molecule has 0 aromatic heterocycles. The normalized spacial score (nSPS) is 15.2. The highest BCUT2D eigenvalue weighted by atomic mass is 16.3. The van der Waals surface area contributed by atoms with E-state index in [2.05, 4.69) is 0 Å². The van der Waals surface area contributed by atoms with Gasteiger partial charge in [0, 0.05) is 12.6 Å². The molecule has 0 saturated heterocycles. The number of likely N-dealkylation sites (N-methyl/N-ethyl adjacent to an activating group) is 1. The average molecular weight is 175 g/mol. The van der Waals surface area contributed by atoms with Gasteiger partial charge in [0.25, 0.3) is 0 Å². The highest BCUT2D eigenvalue weighted by Crippen LogP contribution is 2.08. The summed E-state index contributed by atoms with van der Waals surface area (Å²) in [7, 11) is 1.95. The summed E-state index contributed by atoms with van der Waals surface area (Å²) in [4.78, 5) is 2.04. The third kappa shape index (κ3) is 5.52. The summed E-state index contributed by atoms with van der Waals surface area (Å²) < 4.78 is 0. The Morgan fingerprint density at radius 1 is 1.42 bits per heavy atom. The number of hydrogen-bond donors (Lipinski definition) is 2. The van der Waals surface area contributed by atoms with E-state index < -0.39 is 5.60 Å². The first-order valence-corrected chi connectivity index (χ1v) is 4.40. The number of nitrogens with zero attached hydrogens (tertiary/aromatic N) is 1. The monoisotopic (exact) mass is 175 g/mol. The second-order valence-electron chi connectivity index (χ2n) is 4.07. The SMILES string of the molecule is CC(CO)N(C)CCC(C)(C)O. The minimum absolute atomic E-state index is 0.169. The van der Waals surface area contributed by atoms with E-state index in [0.29, 0.717) is 0 Å². The molecule has 12 heavy (non-hydrogen) atoms. The molecule has 0 aromatic rings. The van der Waals surface area contributed by atoms with Crippen LogP contribution in [0.4, 0.5) is 0 Å². The summed E-state index contributed by atoms with van der Waals surface area (Å²) >= 11 is 0. The van der Waals surface area contributed by atoms with Crippen LogP contribution >= 0.6 is 0 Å². The quantitative estimate of drug-likeness (QED) is 0.638. The fourth-order valence-electron chi connectivity index (χ4n) is 0.810. The summed E-state index contributed by atoms with van der Waals surface area (Å²) in [6, 6.07) is 0.173. The van der Waals surface area contributed by atoms with Gasteiger partial charge in [-0.2, -0.15) is 0 Å². The van der Waals surface area contributed by atoms with Gasteiger partial charge in [0.05, 0.1) is 12.2 Å². The Balaban J connectivity index is 3.64. The van der Waals surface area contributed by atoms with Crippen molar-refractivity contribution in [2.75, 3.05) is 20.2 Å². The van der Waals surface area contributed by atoms with Crippen LogP contribution in [0.1, 0.15) is 27.2 Å².